The van der Waals surface area contributed by atoms with Crippen LogP contribution in [0.25, 0.3) is 0 Å². The third kappa shape index (κ3) is 7.50. The molecule has 1 aliphatic rings. The lowest BCUT2D eigenvalue weighted by molar-refractivity contribution is -0.351. The van der Waals surface area contributed by atoms with Crippen LogP contribution in [0.5, 0.6) is 0 Å². The van der Waals surface area contributed by atoms with E-state index in [2.05, 4.69) is 0 Å². The predicted octanol–water partition coefficient (Wildman–Crippen LogP) is 5.86. The van der Waals surface area contributed by atoms with Gasteiger partial charge in [0.15, 0.2) is 6.10 Å². The van der Waals surface area contributed by atoms with Gasteiger partial charge in [0.25, 0.3) is 5.79 Å². The maximum atomic E-state index is 13.6. The van der Waals surface area contributed by atoms with Crippen LogP contribution < -0.4 is 0 Å². The maximum absolute atomic E-state index is 13.6. The first-order valence-corrected chi connectivity index (χ1v) is 14.0. The highest BCUT2D eigenvalue weighted by Gasteiger charge is 2.60. The molecule has 218 valence electrons. The van der Waals surface area contributed by atoms with E-state index < -0.39 is 30.1 Å². The molecule has 0 unspecified atom stereocenters. The Morgan fingerprint density at radius 2 is 1.07 bits per heavy atom. The molecule has 0 radical (unpaired) electrons. The van der Waals surface area contributed by atoms with E-state index in [1.165, 1.54) is 7.11 Å². The fraction of sp³-hybridized carbons (Fsp3) is 0.286. The molecule has 1 saturated heterocycles. The molecule has 7 nitrogen and oxygen atoms in total. The standard InChI is InChI=1S/C35H36O7/c1-37-34(36)35(41-25-30-20-12-5-13-21-30)33(40-24-29-18-10-4-11-19-29)32(39-23-28-16-8-3-9-17-28)31(26-42-35)38-22-27-14-6-2-7-15-27/h2-21,31-33H,22-26H2,1H3/t31-,32-,33+,35+/m1/s1. The summed E-state index contributed by atoms with van der Waals surface area (Å²) >= 11 is 0. The van der Waals surface area contributed by atoms with Crippen molar-refractivity contribution in [3.05, 3.63) is 144 Å². The molecule has 0 spiro atoms. The minimum Gasteiger partial charge on any atom is -0.465 e. The summed E-state index contributed by atoms with van der Waals surface area (Å²) in [6.07, 6.45) is -2.32. The van der Waals surface area contributed by atoms with Crippen LogP contribution in [0, 0.1) is 0 Å². The molecule has 1 heterocycles. The van der Waals surface area contributed by atoms with Crippen LogP contribution in [0.15, 0.2) is 121 Å². The predicted molar refractivity (Wildman–Crippen MR) is 157 cm³/mol. The first-order chi connectivity index (χ1) is 20.7. The van der Waals surface area contributed by atoms with Gasteiger partial charge in [-0.05, 0) is 22.3 Å². The number of methoxy groups -OCH3 is 1. The second kappa shape index (κ2) is 14.9. The molecule has 0 saturated carbocycles. The molecule has 42 heavy (non-hydrogen) atoms. The van der Waals surface area contributed by atoms with Crippen molar-refractivity contribution >= 4 is 5.97 Å². The van der Waals surface area contributed by atoms with Crippen molar-refractivity contribution in [3.63, 3.8) is 0 Å². The zero-order valence-corrected chi connectivity index (χ0v) is 23.7. The zero-order chi connectivity index (χ0) is 29.0. The van der Waals surface area contributed by atoms with E-state index in [0.717, 1.165) is 22.3 Å². The third-order valence-corrected chi connectivity index (χ3v) is 7.13. The number of hydrogen-bond donors (Lipinski definition) is 0. The molecule has 0 aromatic heterocycles. The number of hydrogen-bond acceptors (Lipinski definition) is 7. The molecular formula is C35H36O7. The Morgan fingerprint density at radius 1 is 0.643 bits per heavy atom. The van der Waals surface area contributed by atoms with Crippen molar-refractivity contribution in [1.82, 2.24) is 0 Å². The van der Waals surface area contributed by atoms with Gasteiger partial charge in [-0.25, -0.2) is 4.79 Å². The minimum absolute atomic E-state index is 0.0291. The van der Waals surface area contributed by atoms with Gasteiger partial charge < -0.3 is 28.4 Å². The Morgan fingerprint density at radius 3 is 1.55 bits per heavy atom. The summed E-state index contributed by atoms with van der Waals surface area (Å²) in [4.78, 5) is 13.6. The average Bonchev–Trinajstić information content (AvgIpc) is 3.06. The highest BCUT2D eigenvalue weighted by Crippen LogP contribution is 2.36. The van der Waals surface area contributed by atoms with E-state index in [1.54, 1.807) is 0 Å². The zero-order valence-electron chi connectivity index (χ0n) is 23.7. The van der Waals surface area contributed by atoms with Gasteiger partial charge in [-0.3, -0.25) is 0 Å². The summed E-state index contributed by atoms with van der Waals surface area (Å²) in [5, 5.41) is 0. The summed E-state index contributed by atoms with van der Waals surface area (Å²) in [6, 6.07) is 39.0. The number of benzene rings is 4. The molecule has 4 aromatic rings. The summed E-state index contributed by atoms with van der Waals surface area (Å²) in [5.74, 6) is -2.60. The number of carbonyl (C=O) groups is 1. The van der Waals surface area contributed by atoms with Crippen LogP contribution in [0.4, 0.5) is 0 Å². The lowest BCUT2D eigenvalue weighted by Crippen LogP contribution is -2.67. The number of esters is 1. The summed E-state index contributed by atoms with van der Waals surface area (Å²) < 4.78 is 37.4. The summed E-state index contributed by atoms with van der Waals surface area (Å²) in [6.45, 7) is 0.932. The molecule has 0 N–H and O–H groups in total. The Kier molecular flexibility index (Phi) is 10.5. The monoisotopic (exact) mass is 568 g/mol. The molecule has 0 amide bonds. The van der Waals surface area contributed by atoms with E-state index in [-0.39, 0.29) is 26.4 Å². The van der Waals surface area contributed by atoms with E-state index >= 15 is 0 Å². The molecule has 7 heteroatoms. The van der Waals surface area contributed by atoms with Crippen molar-refractivity contribution in [2.45, 2.75) is 50.5 Å². The van der Waals surface area contributed by atoms with Gasteiger partial charge in [0.1, 0.15) is 12.2 Å². The van der Waals surface area contributed by atoms with Crippen LogP contribution in [-0.4, -0.2) is 43.8 Å². The Hall–Kier alpha value is -3.85. The van der Waals surface area contributed by atoms with Gasteiger partial charge in [0.2, 0.25) is 0 Å². The summed E-state index contributed by atoms with van der Waals surface area (Å²) in [7, 11) is 1.31. The molecule has 4 atom stereocenters. The van der Waals surface area contributed by atoms with Crippen LogP contribution in [-0.2, 0) is 59.6 Å². The Bertz CT molecular complexity index is 1350. The topological polar surface area (TPSA) is 72.5 Å². The molecule has 1 fully saturated rings. The fourth-order valence-electron chi connectivity index (χ4n) is 4.91. The number of ether oxygens (including phenoxy) is 6. The van der Waals surface area contributed by atoms with Crippen molar-refractivity contribution in [2.75, 3.05) is 13.7 Å². The van der Waals surface area contributed by atoms with Gasteiger partial charge in [0, 0.05) is 0 Å². The largest absolute Gasteiger partial charge is 0.465 e. The molecule has 1 aliphatic heterocycles. The molecule has 0 aliphatic carbocycles. The third-order valence-electron chi connectivity index (χ3n) is 7.13. The van der Waals surface area contributed by atoms with Gasteiger partial charge >= 0.3 is 5.97 Å². The van der Waals surface area contributed by atoms with E-state index in [4.69, 9.17) is 28.4 Å². The molecule has 5 rings (SSSR count). The lowest BCUT2D eigenvalue weighted by Gasteiger charge is -2.47. The number of carbonyl (C=O) groups excluding carboxylic acids is 1. The normalized spacial score (nSPS) is 22.0. The van der Waals surface area contributed by atoms with Crippen LogP contribution in [0.2, 0.25) is 0 Å². The highest BCUT2D eigenvalue weighted by molar-refractivity contribution is 5.79. The molecule has 4 aromatic carbocycles. The second-order valence-electron chi connectivity index (χ2n) is 10.1. The number of rotatable bonds is 13. The van der Waals surface area contributed by atoms with E-state index in [9.17, 15) is 4.79 Å². The lowest BCUT2D eigenvalue weighted by atomic mass is 9.95. The van der Waals surface area contributed by atoms with E-state index in [1.807, 2.05) is 121 Å². The van der Waals surface area contributed by atoms with Crippen molar-refractivity contribution < 1.29 is 33.2 Å². The van der Waals surface area contributed by atoms with Gasteiger partial charge in [-0.2, -0.15) is 0 Å². The van der Waals surface area contributed by atoms with Crippen molar-refractivity contribution in [2.24, 2.45) is 0 Å². The van der Waals surface area contributed by atoms with Gasteiger partial charge in [-0.15, -0.1) is 0 Å². The Balaban J connectivity index is 1.48. The van der Waals surface area contributed by atoms with Crippen molar-refractivity contribution in [3.8, 4) is 0 Å². The van der Waals surface area contributed by atoms with E-state index in [0.29, 0.717) is 6.61 Å². The SMILES string of the molecule is COC(=O)[C@@]1(OCc2ccccc2)OC[C@@H](OCc2ccccc2)[C@@H](OCc2ccccc2)[C@@H]1OCc1ccccc1. The smallest absolute Gasteiger partial charge is 0.369 e. The van der Waals surface area contributed by atoms with Gasteiger partial charge in [-0.1, -0.05) is 121 Å². The first-order valence-electron chi connectivity index (χ1n) is 14.0. The maximum Gasteiger partial charge on any atom is 0.369 e. The second-order valence-corrected chi connectivity index (χ2v) is 10.1. The van der Waals surface area contributed by atoms with Gasteiger partial charge in [0.05, 0.1) is 40.1 Å². The van der Waals surface area contributed by atoms with Crippen LogP contribution >= 0.6 is 0 Å². The quantitative estimate of drug-likeness (QED) is 0.187. The van der Waals surface area contributed by atoms with Crippen molar-refractivity contribution in [1.29, 1.82) is 0 Å². The molecular weight excluding hydrogens is 532 g/mol. The van der Waals surface area contributed by atoms with Crippen LogP contribution in [0.3, 0.4) is 0 Å². The Labute approximate surface area is 246 Å². The van der Waals surface area contributed by atoms with Crippen LogP contribution in [0.1, 0.15) is 22.3 Å². The first kappa shape index (κ1) is 29.6. The average molecular weight is 569 g/mol. The summed E-state index contributed by atoms with van der Waals surface area (Å²) in [5.41, 5.74) is 3.77. The molecule has 0 bridgehead atoms. The fourth-order valence-corrected chi connectivity index (χ4v) is 4.91. The highest BCUT2D eigenvalue weighted by atomic mass is 16.8. The minimum atomic E-state index is -1.90.